The van der Waals surface area contributed by atoms with Gasteiger partial charge in [-0.3, -0.25) is 0 Å². The molecule has 0 aliphatic rings. The van der Waals surface area contributed by atoms with Crippen LogP contribution in [-0.4, -0.2) is 18.6 Å². The van der Waals surface area contributed by atoms with Gasteiger partial charge in [0.1, 0.15) is 0 Å². The molecule has 0 bridgehead atoms. The van der Waals surface area contributed by atoms with Crippen molar-refractivity contribution in [3.05, 3.63) is 0 Å². The third kappa shape index (κ3) is 39.7. The van der Waals surface area contributed by atoms with E-state index < -0.39 is 14.5 Å². The molecule has 0 aliphatic carbocycles. The van der Waals surface area contributed by atoms with Crippen LogP contribution < -0.4 is 59.6 Å². The molecule has 4 nitrogen and oxygen atoms in total. The molecular formula is H2AsKO4. The first-order valence-electron chi connectivity index (χ1n) is 0.748. The van der Waals surface area contributed by atoms with Gasteiger partial charge < -0.3 is 0 Å². The Kier molecular flexibility index (Phi) is 6.88. The van der Waals surface area contributed by atoms with Gasteiger partial charge in [-0.25, -0.2) is 0 Å². The van der Waals surface area contributed by atoms with Gasteiger partial charge in [0.25, 0.3) is 0 Å². The van der Waals surface area contributed by atoms with Crippen LogP contribution in [-0.2, 0) is 3.74 Å². The maximum atomic E-state index is 8.72. The fraction of sp³-hybridized carbons (Fsp3) is 0. The second-order valence-electron chi connectivity index (χ2n) is 0.469. The smallest absolute Gasteiger partial charge is 1.00 e. The molecule has 0 saturated heterocycles. The van der Waals surface area contributed by atoms with E-state index in [1.165, 1.54) is 0 Å². The van der Waals surface area contributed by atoms with Crippen LogP contribution in [0, 0.1) is 0 Å². The molecule has 0 aromatic rings. The minimum Gasteiger partial charge on any atom is 1.00 e. The molecule has 6 heteroatoms. The van der Waals surface area contributed by atoms with E-state index in [1.54, 1.807) is 0 Å². The van der Waals surface area contributed by atoms with Crippen molar-refractivity contribution in [2.75, 3.05) is 0 Å². The first kappa shape index (κ1) is 10.8. The van der Waals surface area contributed by atoms with Crippen LogP contribution in [0.25, 0.3) is 0 Å². The van der Waals surface area contributed by atoms with Crippen LogP contribution in [0.1, 0.15) is 1.43 Å². The van der Waals surface area contributed by atoms with Gasteiger partial charge in [-0.1, -0.05) is 0 Å². The average molecular weight is 180 g/mol. The maximum Gasteiger partial charge on any atom is 1.00 e. The minimum absolute atomic E-state index is 0. The Morgan fingerprint density at radius 2 is 1.67 bits per heavy atom. The summed E-state index contributed by atoms with van der Waals surface area (Å²) >= 11 is -5.62. The van der Waals surface area contributed by atoms with Crippen molar-refractivity contribution in [3.63, 3.8) is 0 Å². The summed E-state index contributed by atoms with van der Waals surface area (Å²) in [7, 11) is 0. The Balaban J connectivity index is -0.0000000800. The van der Waals surface area contributed by atoms with Crippen molar-refractivity contribution < 1.29 is 68.8 Å². The van der Waals surface area contributed by atoms with Crippen molar-refractivity contribution in [3.8, 4) is 0 Å². The fourth-order valence-corrected chi connectivity index (χ4v) is 0. The molecule has 0 rings (SSSR count). The van der Waals surface area contributed by atoms with Crippen molar-refractivity contribution in [2.24, 2.45) is 0 Å². The molecule has 0 saturated carbocycles. The predicted octanol–water partition coefficient (Wildman–Crippen LogP) is -6.32. The summed E-state index contributed by atoms with van der Waals surface area (Å²) in [5.41, 5.74) is 0. The molecule has 6 heavy (non-hydrogen) atoms. The monoisotopic (exact) mass is 180 g/mol. The molecule has 0 spiro atoms. The molecule has 0 fully saturated rings. The van der Waals surface area contributed by atoms with Crippen LogP contribution >= 0.6 is 0 Å². The van der Waals surface area contributed by atoms with Gasteiger partial charge in [-0.05, 0) is 0 Å². The second kappa shape index (κ2) is 3.83. The van der Waals surface area contributed by atoms with Gasteiger partial charge in [0.2, 0.25) is 0 Å². The normalized spacial score (nSPS) is 9.83. The topological polar surface area (TPSA) is 83.4 Å². The van der Waals surface area contributed by atoms with E-state index in [0.29, 0.717) is 0 Å². The molecule has 0 amide bonds. The summed E-state index contributed by atoms with van der Waals surface area (Å²) < 4.78 is 33.2. The summed E-state index contributed by atoms with van der Waals surface area (Å²) in [6.45, 7) is 0. The molecule has 32 valence electrons. The Bertz CT molecular complexity index is 57.8. The predicted molar refractivity (Wildman–Crippen MR) is 9.77 cm³/mol. The van der Waals surface area contributed by atoms with E-state index in [0.717, 1.165) is 0 Å². The molecule has 0 aromatic heterocycles. The van der Waals surface area contributed by atoms with Crippen LogP contribution in [0.15, 0.2) is 0 Å². The fourth-order valence-electron chi connectivity index (χ4n) is 0. The quantitative estimate of drug-likeness (QED) is 0.376. The Morgan fingerprint density at radius 1 is 1.67 bits per heavy atom. The van der Waals surface area contributed by atoms with Crippen molar-refractivity contribution in [1.29, 1.82) is 0 Å². The molecule has 0 unspecified atom stereocenters. The van der Waals surface area contributed by atoms with Crippen LogP contribution in [0.5, 0.6) is 0 Å². The number of hydrogen-bond acceptors (Lipinski definition) is 3. The summed E-state index contributed by atoms with van der Waals surface area (Å²) in [5.74, 6) is 0. The molecule has 0 heterocycles. The molecular weight excluding hydrogens is 178 g/mol. The van der Waals surface area contributed by atoms with Crippen molar-refractivity contribution >= 4 is 14.5 Å². The zero-order valence-corrected chi connectivity index (χ0v) is 8.12. The third-order valence-corrected chi connectivity index (χ3v) is 0. The maximum absolute atomic E-state index is 8.72. The minimum atomic E-state index is -5.62. The standard InChI is InChI=1S/AsH3O4.K/c2-1(3,4)5;/h(H3,2,3,4,5);/q;+1/p-1. The van der Waals surface area contributed by atoms with E-state index in [2.05, 4.69) is 0 Å². The zero-order valence-electron chi connectivity index (χ0n) is 4.12. The Morgan fingerprint density at radius 3 is 1.67 bits per heavy atom. The van der Waals surface area contributed by atoms with Gasteiger partial charge in [0.05, 0.1) is 0 Å². The van der Waals surface area contributed by atoms with E-state index >= 15 is 0 Å². The van der Waals surface area contributed by atoms with Gasteiger partial charge in [0, 0.05) is 0 Å². The Hall–Kier alpha value is 1.87. The van der Waals surface area contributed by atoms with Gasteiger partial charge in [-0.15, -0.1) is 0 Å². The number of rotatable bonds is 0. The summed E-state index contributed by atoms with van der Waals surface area (Å²) in [4.78, 5) is 0. The number of hydrogen-bond donors (Lipinski definition) is 1. The first-order valence-corrected chi connectivity index (χ1v) is 3.89. The van der Waals surface area contributed by atoms with E-state index in [9.17, 15) is 0 Å². The summed E-state index contributed by atoms with van der Waals surface area (Å²) in [6.07, 6.45) is 0. The van der Waals surface area contributed by atoms with Crippen LogP contribution in [0.3, 0.4) is 0 Å². The van der Waals surface area contributed by atoms with Crippen LogP contribution in [0.4, 0.5) is 0 Å². The van der Waals surface area contributed by atoms with E-state index in [1.807, 2.05) is 0 Å². The molecule has 0 aliphatic heterocycles. The van der Waals surface area contributed by atoms with Crippen LogP contribution in [0.2, 0.25) is 0 Å². The SMILES string of the molecule is O=[As]([O-])([O-])O.[H+].[K+]. The third-order valence-electron chi connectivity index (χ3n) is 0. The molecule has 0 radical (unpaired) electrons. The zero-order chi connectivity index (χ0) is 4.50. The Labute approximate surface area is 81.8 Å². The van der Waals surface area contributed by atoms with Gasteiger partial charge >= 0.3 is 83.4 Å². The second-order valence-corrected chi connectivity index (χ2v) is 2.43. The van der Waals surface area contributed by atoms with Gasteiger partial charge in [0.15, 0.2) is 0 Å². The average Bonchev–Trinajstić information content (AvgIpc) is 0.722. The van der Waals surface area contributed by atoms with Crippen molar-refractivity contribution in [1.82, 2.24) is 0 Å². The van der Waals surface area contributed by atoms with Crippen molar-refractivity contribution in [2.45, 2.75) is 0 Å². The molecule has 0 aromatic carbocycles. The van der Waals surface area contributed by atoms with Gasteiger partial charge in [-0.2, -0.15) is 0 Å². The summed E-state index contributed by atoms with van der Waals surface area (Å²) in [5, 5.41) is 0. The van der Waals surface area contributed by atoms with E-state index in [4.69, 9.17) is 16.0 Å². The van der Waals surface area contributed by atoms with E-state index in [-0.39, 0.29) is 52.8 Å². The molecule has 1 N–H and O–H groups in total. The molecule has 0 atom stereocenters. The largest absolute Gasteiger partial charge is 1.00 e. The summed E-state index contributed by atoms with van der Waals surface area (Å²) in [6, 6.07) is 0. The first-order chi connectivity index (χ1) is 2.00.